The molecule has 2 aliphatic heterocycles. The number of rotatable bonds is 8. The molecule has 2 aliphatic rings. The maximum Gasteiger partial charge on any atom is 0.270 e. The highest BCUT2D eigenvalue weighted by Crippen LogP contribution is 2.40. The summed E-state index contributed by atoms with van der Waals surface area (Å²) in [5.41, 5.74) is 11.2. The number of nitrogens with zero attached hydrogens (tertiary/aromatic N) is 4. The molecule has 0 aliphatic carbocycles. The molecule has 0 unspecified atom stereocenters. The third-order valence-electron chi connectivity index (χ3n) is 8.43. The van der Waals surface area contributed by atoms with Crippen LogP contribution >= 0.6 is 0 Å². The quantitative estimate of drug-likeness (QED) is 0.137. The molecule has 10 nitrogen and oxygen atoms in total. The minimum Gasteiger partial charge on any atom is -0.492 e. The van der Waals surface area contributed by atoms with Crippen LogP contribution in [0.5, 0.6) is 17.4 Å². The molecule has 48 heavy (non-hydrogen) atoms. The first-order valence-electron chi connectivity index (χ1n) is 15.7. The Bertz CT molecular complexity index is 2060. The molecule has 0 saturated carbocycles. The Labute approximate surface area is 277 Å². The van der Waals surface area contributed by atoms with Gasteiger partial charge in [0.25, 0.3) is 5.69 Å². The van der Waals surface area contributed by atoms with Crippen molar-refractivity contribution in [2.24, 2.45) is 0 Å². The number of pyridine rings is 2. The molecule has 0 fully saturated rings. The number of aromatic nitrogens is 4. The van der Waals surface area contributed by atoms with Crippen LogP contribution in [0.1, 0.15) is 33.4 Å². The molecule has 0 saturated heterocycles. The van der Waals surface area contributed by atoms with Gasteiger partial charge in [-0.15, -0.1) is 0 Å². The van der Waals surface area contributed by atoms with E-state index < -0.39 is 0 Å². The van der Waals surface area contributed by atoms with Gasteiger partial charge in [-0.3, -0.25) is 20.2 Å². The topological polar surface area (TPSA) is 125 Å². The summed E-state index contributed by atoms with van der Waals surface area (Å²) in [5, 5.41) is 17.9. The van der Waals surface area contributed by atoms with Crippen LogP contribution in [-0.2, 0) is 25.7 Å². The summed E-state index contributed by atoms with van der Waals surface area (Å²) in [7, 11) is 1.63. The zero-order chi connectivity index (χ0) is 32.9. The highest BCUT2D eigenvalue weighted by atomic mass is 16.6. The lowest BCUT2D eigenvalue weighted by Gasteiger charge is -2.12. The van der Waals surface area contributed by atoms with Crippen LogP contribution in [0.4, 0.5) is 5.69 Å². The standard InChI is InChI=1S/C20H18N2O2.C18H15N3O3/c1-23-19-13-16(4-8-22-19)18-12-15(10-14-2-6-21-7-3-14)11-17-5-9-24-20(17)18;22-21(23)16-3-1-2-14(9-16)17-8-12(6-13-10-19-20-11-13)7-15-4-5-24-18(15)17/h2-4,6-8,11-13H,5,9-10H2,1H3;1-3,7-11H,4-6H2,(H,19,20). The second-order valence-corrected chi connectivity index (χ2v) is 11.7. The van der Waals surface area contributed by atoms with Gasteiger partial charge in [-0.1, -0.05) is 24.3 Å². The van der Waals surface area contributed by atoms with Crippen LogP contribution in [0.3, 0.4) is 0 Å². The second kappa shape index (κ2) is 13.8. The fourth-order valence-corrected chi connectivity index (χ4v) is 6.20. The van der Waals surface area contributed by atoms with Crippen LogP contribution in [0, 0.1) is 10.1 Å². The van der Waals surface area contributed by atoms with Gasteiger partial charge in [0, 0.05) is 73.4 Å². The number of H-pyrrole nitrogens is 1. The van der Waals surface area contributed by atoms with E-state index in [0.717, 1.165) is 82.7 Å². The number of hydrogen-bond donors (Lipinski definition) is 1. The first kappa shape index (κ1) is 30.6. The summed E-state index contributed by atoms with van der Waals surface area (Å²) in [6.45, 7) is 1.38. The smallest absolute Gasteiger partial charge is 0.270 e. The molecule has 0 amide bonds. The van der Waals surface area contributed by atoms with E-state index in [1.807, 2.05) is 36.8 Å². The number of fused-ring (bicyclic) bond motifs is 2. The molecule has 10 heteroatoms. The van der Waals surface area contributed by atoms with E-state index in [9.17, 15) is 10.1 Å². The number of nitro groups is 1. The maximum atomic E-state index is 11.1. The maximum absolute atomic E-state index is 11.1. The number of benzene rings is 3. The van der Waals surface area contributed by atoms with Gasteiger partial charge in [-0.2, -0.15) is 5.10 Å². The van der Waals surface area contributed by atoms with Gasteiger partial charge in [0.1, 0.15) is 11.5 Å². The summed E-state index contributed by atoms with van der Waals surface area (Å²) < 4.78 is 16.9. The molecule has 3 aromatic heterocycles. The predicted molar refractivity (Wildman–Crippen MR) is 182 cm³/mol. The van der Waals surface area contributed by atoms with Crippen molar-refractivity contribution in [3.05, 3.63) is 147 Å². The van der Waals surface area contributed by atoms with Gasteiger partial charge in [0.05, 0.1) is 31.4 Å². The second-order valence-electron chi connectivity index (χ2n) is 11.7. The van der Waals surface area contributed by atoms with Gasteiger partial charge < -0.3 is 14.2 Å². The molecule has 8 rings (SSSR count). The monoisotopic (exact) mass is 639 g/mol. The molecule has 1 N–H and O–H groups in total. The zero-order valence-electron chi connectivity index (χ0n) is 26.4. The van der Waals surface area contributed by atoms with Gasteiger partial charge in [0.15, 0.2) is 0 Å². The number of ether oxygens (including phenoxy) is 3. The highest BCUT2D eigenvalue weighted by molar-refractivity contribution is 5.76. The fourth-order valence-electron chi connectivity index (χ4n) is 6.20. The van der Waals surface area contributed by atoms with E-state index in [1.54, 1.807) is 31.6 Å². The third-order valence-corrected chi connectivity index (χ3v) is 8.43. The van der Waals surface area contributed by atoms with Crippen LogP contribution in [0.25, 0.3) is 22.3 Å². The number of non-ortho nitro benzene ring substituents is 1. The summed E-state index contributed by atoms with van der Waals surface area (Å²) in [6, 6.07) is 23.4. The van der Waals surface area contributed by atoms with Crippen LogP contribution in [0.2, 0.25) is 0 Å². The van der Waals surface area contributed by atoms with E-state index >= 15 is 0 Å². The van der Waals surface area contributed by atoms with Crippen LogP contribution < -0.4 is 14.2 Å². The Balaban J connectivity index is 0.000000152. The molecular formula is C38H33N5O5. The first-order chi connectivity index (χ1) is 23.5. The molecule has 240 valence electrons. The third kappa shape index (κ3) is 6.73. The molecule has 0 atom stereocenters. The molecule has 5 heterocycles. The van der Waals surface area contributed by atoms with E-state index in [1.165, 1.54) is 22.8 Å². The average molecular weight is 640 g/mol. The van der Waals surface area contributed by atoms with Gasteiger partial charge in [-0.05, 0) is 81.3 Å². The Morgan fingerprint density at radius 2 is 1.46 bits per heavy atom. The number of methoxy groups -OCH3 is 1. The van der Waals surface area contributed by atoms with Gasteiger partial charge in [0.2, 0.25) is 5.88 Å². The van der Waals surface area contributed by atoms with Crippen molar-refractivity contribution >= 4 is 5.69 Å². The molecule has 0 spiro atoms. The van der Waals surface area contributed by atoms with E-state index in [4.69, 9.17) is 14.2 Å². The van der Waals surface area contributed by atoms with Crippen molar-refractivity contribution in [3.8, 4) is 39.6 Å². The van der Waals surface area contributed by atoms with Crippen molar-refractivity contribution in [2.75, 3.05) is 20.3 Å². The van der Waals surface area contributed by atoms with Crippen molar-refractivity contribution < 1.29 is 19.1 Å². The first-order valence-corrected chi connectivity index (χ1v) is 15.7. The van der Waals surface area contributed by atoms with Crippen molar-refractivity contribution in [3.63, 3.8) is 0 Å². The molecule has 0 radical (unpaired) electrons. The van der Waals surface area contributed by atoms with Crippen LogP contribution in [0.15, 0.2) is 104 Å². The minimum absolute atomic E-state index is 0.0829. The lowest BCUT2D eigenvalue weighted by Crippen LogP contribution is -1.94. The Morgan fingerprint density at radius 1 is 0.792 bits per heavy atom. The lowest BCUT2D eigenvalue weighted by atomic mass is 9.95. The van der Waals surface area contributed by atoms with Gasteiger partial charge >= 0.3 is 0 Å². The largest absolute Gasteiger partial charge is 0.492 e. The normalized spacial score (nSPS) is 12.6. The van der Waals surface area contributed by atoms with Crippen molar-refractivity contribution in [2.45, 2.75) is 25.7 Å². The van der Waals surface area contributed by atoms with Crippen molar-refractivity contribution in [1.29, 1.82) is 0 Å². The van der Waals surface area contributed by atoms with Gasteiger partial charge in [-0.25, -0.2) is 4.98 Å². The zero-order valence-corrected chi connectivity index (χ0v) is 26.4. The fraction of sp³-hybridized carbons (Fsp3) is 0.184. The molecular weight excluding hydrogens is 606 g/mol. The number of nitro benzene ring substituents is 1. The van der Waals surface area contributed by atoms with E-state index in [0.29, 0.717) is 12.5 Å². The Kier molecular flexibility index (Phi) is 8.78. The summed E-state index contributed by atoms with van der Waals surface area (Å²) in [6.07, 6.45) is 12.6. The molecule has 6 aromatic rings. The SMILES string of the molecule is COc1cc(-c2cc(Cc3ccncc3)cc3c2OCC3)ccn1.O=[N+]([O-])c1cccc(-c2cc(Cc3cn[nH]c3)cc3c2OCC3)c1. The molecule has 3 aromatic carbocycles. The van der Waals surface area contributed by atoms with Crippen LogP contribution in [-0.4, -0.2) is 45.4 Å². The summed E-state index contributed by atoms with van der Waals surface area (Å²) in [5.74, 6) is 2.44. The summed E-state index contributed by atoms with van der Waals surface area (Å²) >= 11 is 0. The number of nitrogens with one attached hydrogen (secondary N) is 1. The lowest BCUT2D eigenvalue weighted by molar-refractivity contribution is -0.384. The van der Waals surface area contributed by atoms with Crippen molar-refractivity contribution in [1.82, 2.24) is 20.2 Å². The molecule has 0 bridgehead atoms. The highest BCUT2D eigenvalue weighted by Gasteiger charge is 2.21. The Hall–Kier alpha value is -6.03. The Morgan fingerprint density at radius 3 is 2.08 bits per heavy atom. The minimum atomic E-state index is -0.375. The van der Waals surface area contributed by atoms with E-state index in [2.05, 4.69) is 56.6 Å². The van der Waals surface area contributed by atoms with E-state index in [-0.39, 0.29) is 10.6 Å². The average Bonchev–Trinajstić information content (AvgIpc) is 3.91. The summed E-state index contributed by atoms with van der Waals surface area (Å²) in [4.78, 5) is 19.0. The number of aromatic amines is 1. The number of hydrogen-bond acceptors (Lipinski definition) is 8. The predicted octanol–water partition coefficient (Wildman–Crippen LogP) is 7.19.